The van der Waals surface area contributed by atoms with Gasteiger partial charge in [-0.15, -0.1) is 6.42 Å². The summed E-state index contributed by atoms with van der Waals surface area (Å²) >= 11 is 0. The van der Waals surface area contributed by atoms with Crippen molar-refractivity contribution in [3.63, 3.8) is 0 Å². The molecule has 1 unspecified atom stereocenters. The first kappa shape index (κ1) is 9.47. The van der Waals surface area contributed by atoms with Crippen LogP contribution in [0.5, 0.6) is 0 Å². The Hall–Kier alpha value is -0.620. The quantitative estimate of drug-likeness (QED) is 0.601. The van der Waals surface area contributed by atoms with Gasteiger partial charge in [0.1, 0.15) is 6.10 Å². The third-order valence-corrected chi connectivity index (χ3v) is 2.30. The Balaban J connectivity index is 2.53. The number of aliphatic hydroxyl groups is 1. The van der Waals surface area contributed by atoms with Crippen molar-refractivity contribution >= 4 is 0 Å². The molecular formula is C9H12F2O. The van der Waals surface area contributed by atoms with Crippen molar-refractivity contribution < 1.29 is 13.9 Å². The fourth-order valence-electron chi connectivity index (χ4n) is 1.62. The fourth-order valence-corrected chi connectivity index (χ4v) is 1.62. The second kappa shape index (κ2) is 3.40. The highest BCUT2D eigenvalue weighted by Gasteiger charge is 2.38. The summed E-state index contributed by atoms with van der Waals surface area (Å²) in [6.07, 6.45) is 4.68. The van der Waals surface area contributed by atoms with Crippen molar-refractivity contribution in [1.82, 2.24) is 0 Å². The van der Waals surface area contributed by atoms with Gasteiger partial charge < -0.3 is 5.11 Å². The van der Waals surface area contributed by atoms with Crippen LogP contribution in [-0.4, -0.2) is 17.1 Å². The zero-order valence-corrected chi connectivity index (χ0v) is 6.76. The second-order valence-corrected chi connectivity index (χ2v) is 3.32. The molecule has 0 radical (unpaired) electrons. The van der Waals surface area contributed by atoms with E-state index in [0.29, 0.717) is 12.8 Å². The van der Waals surface area contributed by atoms with Gasteiger partial charge in [0.15, 0.2) is 0 Å². The molecule has 1 N–H and O–H groups in total. The first-order valence-electron chi connectivity index (χ1n) is 4.07. The van der Waals surface area contributed by atoms with Gasteiger partial charge in [-0.1, -0.05) is 5.92 Å². The van der Waals surface area contributed by atoms with E-state index in [1.165, 1.54) is 0 Å². The standard InChI is InChI=1S/C9H12F2O/c1-2-8(12)7-4-3-5-9(10,11)6-7/h1,7-8,12H,3-6H2/t7?,8-/m0/s1. The molecule has 2 atom stereocenters. The lowest BCUT2D eigenvalue weighted by molar-refractivity contribution is -0.0676. The molecule has 1 nitrogen and oxygen atoms in total. The molecule has 1 aliphatic carbocycles. The van der Waals surface area contributed by atoms with E-state index < -0.39 is 17.9 Å². The predicted octanol–water partition coefficient (Wildman–Crippen LogP) is 1.81. The van der Waals surface area contributed by atoms with E-state index in [4.69, 9.17) is 11.5 Å². The van der Waals surface area contributed by atoms with E-state index >= 15 is 0 Å². The van der Waals surface area contributed by atoms with E-state index in [2.05, 4.69) is 5.92 Å². The van der Waals surface area contributed by atoms with Crippen LogP contribution < -0.4 is 0 Å². The Morgan fingerprint density at radius 2 is 2.25 bits per heavy atom. The lowest BCUT2D eigenvalue weighted by atomic mass is 9.83. The highest BCUT2D eigenvalue weighted by atomic mass is 19.3. The number of aliphatic hydroxyl groups excluding tert-OH is 1. The molecule has 0 aromatic carbocycles. The lowest BCUT2D eigenvalue weighted by Crippen LogP contribution is -2.32. The average molecular weight is 174 g/mol. The molecule has 12 heavy (non-hydrogen) atoms. The molecule has 1 aliphatic rings. The third kappa shape index (κ3) is 2.18. The highest BCUT2D eigenvalue weighted by molar-refractivity contribution is 4.99. The zero-order valence-electron chi connectivity index (χ0n) is 6.76. The molecule has 68 valence electrons. The molecule has 0 aromatic rings. The summed E-state index contributed by atoms with van der Waals surface area (Å²) in [5.74, 6) is -0.947. The first-order chi connectivity index (χ1) is 5.55. The topological polar surface area (TPSA) is 20.2 Å². The minimum absolute atomic E-state index is 0.0687. The van der Waals surface area contributed by atoms with Crippen molar-refractivity contribution in [1.29, 1.82) is 0 Å². The molecule has 0 amide bonds. The molecule has 0 spiro atoms. The van der Waals surface area contributed by atoms with Crippen LogP contribution in [-0.2, 0) is 0 Å². The molecule has 1 saturated carbocycles. The van der Waals surface area contributed by atoms with Crippen LogP contribution in [0, 0.1) is 18.3 Å². The van der Waals surface area contributed by atoms with Crippen molar-refractivity contribution in [2.24, 2.45) is 5.92 Å². The Kier molecular flexibility index (Phi) is 2.69. The van der Waals surface area contributed by atoms with Gasteiger partial charge in [-0.3, -0.25) is 0 Å². The normalized spacial score (nSPS) is 30.7. The monoisotopic (exact) mass is 174 g/mol. The van der Waals surface area contributed by atoms with Crippen molar-refractivity contribution in [3.8, 4) is 12.3 Å². The van der Waals surface area contributed by atoms with Gasteiger partial charge in [0, 0.05) is 18.8 Å². The lowest BCUT2D eigenvalue weighted by Gasteiger charge is -2.29. The van der Waals surface area contributed by atoms with Crippen LogP contribution >= 0.6 is 0 Å². The summed E-state index contributed by atoms with van der Waals surface area (Å²) in [6, 6.07) is 0. The Morgan fingerprint density at radius 1 is 1.58 bits per heavy atom. The van der Waals surface area contributed by atoms with Gasteiger partial charge in [-0.05, 0) is 12.8 Å². The minimum Gasteiger partial charge on any atom is -0.380 e. The van der Waals surface area contributed by atoms with Crippen molar-refractivity contribution in [2.75, 3.05) is 0 Å². The Bertz CT molecular complexity index is 195. The summed E-state index contributed by atoms with van der Waals surface area (Å²) in [7, 11) is 0. The van der Waals surface area contributed by atoms with Gasteiger partial charge in [0.25, 0.3) is 0 Å². The van der Waals surface area contributed by atoms with Gasteiger partial charge in [-0.2, -0.15) is 0 Å². The molecule has 0 aliphatic heterocycles. The van der Waals surface area contributed by atoms with Crippen LogP contribution in [0.3, 0.4) is 0 Å². The molecule has 0 saturated heterocycles. The number of terminal acetylenes is 1. The second-order valence-electron chi connectivity index (χ2n) is 3.32. The molecular weight excluding hydrogens is 162 g/mol. The van der Waals surface area contributed by atoms with Gasteiger partial charge in [0.2, 0.25) is 5.92 Å². The Labute approximate surface area is 70.8 Å². The molecule has 0 aromatic heterocycles. The van der Waals surface area contributed by atoms with E-state index in [1.54, 1.807) is 0 Å². The third-order valence-electron chi connectivity index (χ3n) is 2.30. The number of rotatable bonds is 1. The maximum Gasteiger partial charge on any atom is 0.248 e. The largest absolute Gasteiger partial charge is 0.380 e. The SMILES string of the molecule is C#C[C@H](O)C1CCCC(F)(F)C1. The van der Waals surface area contributed by atoms with Crippen LogP contribution in [0.1, 0.15) is 25.7 Å². The van der Waals surface area contributed by atoms with E-state index in [1.807, 2.05) is 0 Å². The number of alkyl halides is 2. The number of halogens is 2. The van der Waals surface area contributed by atoms with E-state index in [-0.39, 0.29) is 12.8 Å². The van der Waals surface area contributed by atoms with Gasteiger partial charge in [0.05, 0.1) is 0 Å². The Morgan fingerprint density at radius 3 is 2.75 bits per heavy atom. The summed E-state index contributed by atoms with van der Waals surface area (Å²) in [4.78, 5) is 0. The number of hydrogen-bond donors (Lipinski definition) is 1. The maximum atomic E-state index is 12.8. The van der Waals surface area contributed by atoms with Crippen molar-refractivity contribution in [3.05, 3.63) is 0 Å². The molecule has 0 heterocycles. The van der Waals surface area contributed by atoms with Crippen LogP contribution in [0.2, 0.25) is 0 Å². The maximum absolute atomic E-state index is 12.8. The van der Waals surface area contributed by atoms with E-state index in [0.717, 1.165) is 0 Å². The number of hydrogen-bond acceptors (Lipinski definition) is 1. The summed E-state index contributed by atoms with van der Waals surface area (Å²) < 4.78 is 25.5. The van der Waals surface area contributed by atoms with Crippen molar-refractivity contribution in [2.45, 2.75) is 37.7 Å². The predicted molar refractivity (Wildman–Crippen MR) is 41.7 cm³/mol. The summed E-state index contributed by atoms with van der Waals surface area (Å²) in [5, 5.41) is 9.15. The molecule has 1 fully saturated rings. The average Bonchev–Trinajstić information content (AvgIpc) is 2.01. The highest BCUT2D eigenvalue weighted by Crippen LogP contribution is 2.37. The summed E-state index contributed by atoms with van der Waals surface area (Å²) in [6.45, 7) is 0. The summed E-state index contributed by atoms with van der Waals surface area (Å²) in [5.41, 5.74) is 0. The molecule has 0 bridgehead atoms. The molecule has 3 heteroatoms. The van der Waals surface area contributed by atoms with Gasteiger partial charge >= 0.3 is 0 Å². The fraction of sp³-hybridized carbons (Fsp3) is 0.778. The smallest absolute Gasteiger partial charge is 0.248 e. The van der Waals surface area contributed by atoms with Crippen LogP contribution in [0.15, 0.2) is 0 Å². The van der Waals surface area contributed by atoms with Crippen LogP contribution in [0.25, 0.3) is 0 Å². The first-order valence-corrected chi connectivity index (χ1v) is 4.07. The minimum atomic E-state index is -2.62. The zero-order chi connectivity index (χ0) is 9.19. The van der Waals surface area contributed by atoms with E-state index in [9.17, 15) is 8.78 Å². The molecule has 1 rings (SSSR count). The van der Waals surface area contributed by atoms with Gasteiger partial charge in [-0.25, -0.2) is 8.78 Å². The van der Waals surface area contributed by atoms with Crippen LogP contribution in [0.4, 0.5) is 8.78 Å².